The second kappa shape index (κ2) is 9.58. The van der Waals surface area contributed by atoms with E-state index in [9.17, 15) is 0 Å². The summed E-state index contributed by atoms with van der Waals surface area (Å²) in [5, 5.41) is 7.98. The van der Waals surface area contributed by atoms with Crippen molar-refractivity contribution in [1.29, 1.82) is 0 Å². The maximum atomic E-state index is 5.56. The molecule has 0 amide bonds. The van der Waals surface area contributed by atoms with Crippen LogP contribution in [-0.2, 0) is 6.54 Å². The van der Waals surface area contributed by atoms with Gasteiger partial charge in [0.15, 0.2) is 0 Å². The highest BCUT2D eigenvalue weighted by molar-refractivity contribution is 5.33. The Morgan fingerprint density at radius 1 is 0.893 bits per heavy atom. The van der Waals surface area contributed by atoms with Crippen molar-refractivity contribution in [1.82, 2.24) is 10.6 Å². The van der Waals surface area contributed by atoms with Crippen LogP contribution in [0.2, 0.25) is 0 Å². The summed E-state index contributed by atoms with van der Waals surface area (Å²) in [6.45, 7) is 0.842. The molecule has 2 aromatic carbocycles. The van der Waals surface area contributed by atoms with Crippen LogP contribution in [0.1, 0.15) is 62.1 Å². The first-order chi connectivity index (χ1) is 13.8. The van der Waals surface area contributed by atoms with E-state index in [1.165, 1.54) is 56.1 Å². The molecule has 0 radical (unpaired) electrons. The highest BCUT2D eigenvalue weighted by Gasteiger charge is 2.34. The number of hydrogen-bond donors (Lipinski definition) is 2. The van der Waals surface area contributed by atoms with Crippen LogP contribution < -0.4 is 15.4 Å². The molecule has 0 aromatic heterocycles. The Balaban J connectivity index is 1.54. The highest BCUT2D eigenvalue weighted by atomic mass is 16.5. The van der Waals surface area contributed by atoms with Crippen LogP contribution in [0.5, 0.6) is 5.75 Å². The summed E-state index contributed by atoms with van der Waals surface area (Å²) in [6, 6.07) is 20.8. The summed E-state index contributed by atoms with van der Waals surface area (Å²) in [4.78, 5) is 0. The number of benzene rings is 2. The molecule has 1 heterocycles. The van der Waals surface area contributed by atoms with Crippen molar-refractivity contribution in [2.24, 2.45) is 5.92 Å². The molecule has 2 N–H and O–H groups in total. The first kappa shape index (κ1) is 19.5. The smallest absolute Gasteiger partial charge is 0.123 e. The standard InChI is InChI=1S/C25H34N2O/c1-28-24-15-9-8-13-21(24)18-26-23-17-16-19-10-4-3-7-14-22(19)27-25(23)20-11-5-2-6-12-20/h2,5-6,8-9,11-13,15,19,22-23,25-27H,3-4,7,10,14,16-18H2,1H3. The number of para-hydroxylation sites is 1. The van der Waals surface area contributed by atoms with Crippen LogP contribution in [-0.4, -0.2) is 19.2 Å². The lowest BCUT2D eigenvalue weighted by molar-refractivity contribution is 0.314. The molecule has 1 aliphatic carbocycles. The van der Waals surface area contributed by atoms with Crippen molar-refractivity contribution >= 4 is 0 Å². The Morgan fingerprint density at radius 2 is 1.68 bits per heavy atom. The zero-order chi connectivity index (χ0) is 19.2. The Bertz CT molecular complexity index is 732. The van der Waals surface area contributed by atoms with Gasteiger partial charge in [-0.05, 0) is 43.2 Å². The third-order valence-electron chi connectivity index (χ3n) is 6.71. The summed E-state index contributed by atoms with van der Waals surface area (Å²) in [7, 11) is 1.76. The second-order valence-electron chi connectivity index (χ2n) is 8.44. The van der Waals surface area contributed by atoms with Gasteiger partial charge in [0, 0.05) is 30.2 Å². The van der Waals surface area contributed by atoms with E-state index in [0.29, 0.717) is 18.1 Å². The van der Waals surface area contributed by atoms with Crippen LogP contribution in [0.4, 0.5) is 0 Å². The van der Waals surface area contributed by atoms with E-state index in [0.717, 1.165) is 18.2 Å². The van der Waals surface area contributed by atoms with Gasteiger partial charge in [0.1, 0.15) is 5.75 Å². The summed E-state index contributed by atoms with van der Waals surface area (Å²) in [5.74, 6) is 1.80. The third-order valence-corrected chi connectivity index (χ3v) is 6.71. The molecule has 3 heteroatoms. The first-order valence-electron chi connectivity index (χ1n) is 11.0. The van der Waals surface area contributed by atoms with Gasteiger partial charge >= 0.3 is 0 Å². The molecule has 2 aromatic rings. The predicted molar refractivity (Wildman–Crippen MR) is 116 cm³/mol. The maximum Gasteiger partial charge on any atom is 0.123 e. The quantitative estimate of drug-likeness (QED) is 0.748. The van der Waals surface area contributed by atoms with Crippen LogP contribution in [0.25, 0.3) is 0 Å². The van der Waals surface area contributed by atoms with E-state index in [1.807, 2.05) is 6.07 Å². The van der Waals surface area contributed by atoms with E-state index in [4.69, 9.17) is 4.74 Å². The first-order valence-corrected chi connectivity index (χ1v) is 11.0. The second-order valence-corrected chi connectivity index (χ2v) is 8.44. The molecule has 0 bridgehead atoms. The van der Waals surface area contributed by atoms with Crippen LogP contribution in [0.15, 0.2) is 54.6 Å². The van der Waals surface area contributed by atoms with E-state index in [-0.39, 0.29) is 0 Å². The normalized spacial score (nSPS) is 28.0. The lowest BCUT2D eigenvalue weighted by Crippen LogP contribution is -2.44. The minimum absolute atomic E-state index is 0.365. The van der Waals surface area contributed by atoms with Gasteiger partial charge in [-0.25, -0.2) is 0 Å². The lowest BCUT2D eigenvalue weighted by Gasteiger charge is -2.31. The molecule has 2 aliphatic rings. The Hall–Kier alpha value is -1.84. The number of nitrogens with one attached hydrogen (secondary N) is 2. The van der Waals surface area contributed by atoms with Gasteiger partial charge in [0.2, 0.25) is 0 Å². The van der Waals surface area contributed by atoms with Crippen LogP contribution in [0.3, 0.4) is 0 Å². The fourth-order valence-corrected chi connectivity index (χ4v) is 5.16. The van der Waals surface area contributed by atoms with E-state index < -0.39 is 0 Å². The minimum Gasteiger partial charge on any atom is -0.496 e. The van der Waals surface area contributed by atoms with Gasteiger partial charge in [-0.15, -0.1) is 0 Å². The number of rotatable bonds is 5. The average Bonchev–Trinajstić information content (AvgIpc) is 3.07. The van der Waals surface area contributed by atoms with Crippen LogP contribution in [0, 0.1) is 5.92 Å². The predicted octanol–water partition coefficient (Wildman–Crippen LogP) is 5.23. The van der Waals surface area contributed by atoms with E-state index in [2.05, 4.69) is 59.2 Å². The van der Waals surface area contributed by atoms with Crippen LogP contribution >= 0.6 is 0 Å². The molecule has 3 nitrogen and oxygen atoms in total. The molecule has 1 saturated heterocycles. The average molecular weight is 379 g/mol. The number of ether oxygens (including phenoxy) is 1. The lowest BCUT2D eigenvalue weighted by atomic mass is 9.90. The summed E-state index contributed by atoms with van der Waals surface area (Å²) in [6.07, 6.45) is 9.44. The largest absolute Gasteiger partial charge is 0.496 e. The Kier molecular flexibility index (Phi) is 6.66. The van der Waals surface area contributed by atoms with E-state index in [1.54, 1.807) is 7.11 Å². The van der Waals surface area contributed by atoms with Crippen molar-refractivity contribution in [2.45, 2.75) is 69.6 Å². The van der Waals surface area contributed by atoms with Gasteiger partial charge < -0.3 is 15.4 Å². The number of hydrogen-bond acceptors (Lipinski definition) is 3. The van der Waals surface area contributed by atoms with Gasteiger partial charge in [-0.2, -0.15) is 0 Å². The molecule has 1 saturated carbocycles. The Morgan fingerprint density at radius 3 is 2.54 bits per heavy atom. The topological polar surface area (TPSA) is 33.3 Å². The molecule has 4 unspecified atom stereocenters. The van der Waals surface area contributed by atoms with Gasteiger partial charge in [0.25, 0.3) is 0 Å². The summed E-state index contributed by atoms with van der Waals surface area (Å²) >= 11 is 0. The monoisotopic (exact) mass is 378 g/mol. The molecule has 2 fully saturated rings. The SMILES string of the molecule is COc1ccccc1CNC1CCC2CCCCCC2NC1c1ccccc1. The van der Waals surface area contributed by atoms with Gasteiger partial charge in [-0.1, -0.05) is 67.8 Å². The molecule has 150 valence electrons. The van der Waals surface area contributed by atoms with Gasteiger partial charge in [-0.3, -0.25) is 0 Å². The molecular weight excluding hydrogens is 344 g/mol. The summed E-state index contributed by atoms with van der Waals surface area (Å²) in [5.41, 5.74) is 2.64. The molecule has 1 aliphatic heterocycles. The van der Waals surface area contributed by atoms with Crippen molar-refractivity contribution in [3.05, 3.63) is 65.7 Å². The Labute approximate surface area is 169 Å². The fourth-order valence-electron chi connectivity index (χ4n) is 5.16. The van der Waals surface area contributed by atoms with E-state index >= 15 is 0 Å². The molecule has 4 atom stereocenters. The molecule has 0 spiro atoms. The maximum absolute atomic E-state index is 5.56. The highest BCUT2D eigenvalue weighted by Crippen LogP contribution is 2.35. The minimum atomic E-state index is 0.365. The van der Waals surface area contributed by atoms with Gasteiger partial charge in [0.05, 0.1) is 7.11 Å². The van der Waals surface area contributed by atoms with Crippen molar-refractivity contribution < 1.29 is 4.74 Å². The molecule has 28 heavy (non-hydrogen) atoms. The number of methoxy groups -OCH3 is 1. The third kappa shape index (κ3) is 4.59. The van der Waals surface area contributed by atoms with Crippen molar-refractivity contribution in [2.75, 3.05) is 7.11 Å². The zero-order valence-corrected chi connectivity index (χ0v) is 17.1. The molecule has 4 rings (SSSR count). The number of fused-ring (bicyclic) bond motifs is 1. The zero-order valence-electron chi connectivity index (χ0n) is 17.1. The summed E-state index contributed by atoms with van der Waals surface area (Å²) < 4.78 is 5.56. The molecular formula is C25H34N2O. The van der Waals surface area contributed by atoms with Crippen molar-refractivity contribution in [3.8, 4) is 5.75 Å². The fraction of sp³-hybridized carbons (Fsp3) is 0.520. The van der Waals surface area contributed by atoms with Crippen molar-refractivity contribution in [3.63, 3.8) is 0 Å².